The first-order valence-corrected chi connectivity index (χ1v) is 31.8. The monoisotopic (exact) mass is 1320 g/mol. The van der Waals surface area contributed by atoms with Gasteiger partial charge in [0.15, 0.2) is 5.96 Å². The second-order valence-corrected chi connectivity index (χ2v) is 23.6. The Balaban J connectivity index is 1.02. The van der Waals surface area contributed by atoms with Crippen molar-refractivity contribution in [1.82, 2.24) is 61.7 Å². The predicted molar refractivity (Wildman–Crippen MR) is 351 cm³/mol. The van der Waals surface area contributed by atoms with Gasteiger partial charge in [0.2, 0.25) is 41.4 Å². The number of rotatable bonds is 28. The summed E-state index contributed by atoms with van der Waals surface area (Å²) in [5.74, 6) is -8.14. The van der Waals surface area contributed by atoms with Crippen molar-refractivity contribution in [2.24, 2.45) is 5.73 Å². The highest BCUT2D eigenvalue weighted by molar-refractivity contribution is 5.98. The Kier molecular flexibility index (Phi) is 30.0. The Bertz CT molecular complexity index is 3270. The van der Waals surface area contributed by atoms with Crippen molar-refractivity contribution >= 4 is 87.6 Å². The minimum absolute atomic E-state index is 0.00149. The largest absolute Gasteiger partial charge is 0.508 e. The van der Waals surface area contributed by atoms with Crippen molar-refractivity contribution < 1.29 is 73.2 Å². The van der Waals surface area contributed by atoms with Crippen LogP contribution >= 0.6 is 0 Å². The highest BCUT2D eigenvalue weighted by Gasteiger charge is 2.36. The quantitative estimate of drug-likeness (QED) is 0.0190. The molecule has 4 aromatic carbocycles. The second-order valence-electron chi connectivity index (χ2n) is 23.6. The number of carboxylic acid groups (broad SMARTS) is 3. The molecular formula is C65H89N15O15. The number of anilines is 1. The summed E-state index contributed by atoms with van der Waals surface area (Å²) in [5.41, 5.74) is 7.46. The van der Waals surface area contributed by atoms with E-state index in [9.17, 15) is 73.2 Å². The lowest BCUT2D eigenvalue weighted by molar-refractivity contribution is -0.142. The molecular weight excluding hydrogens is 1230 g/mol. The number of likely N-dealkylation sites (N-methyl/N-ethyl adjacent to an activating group) is 1. The van der Waals surface area contributed by atoms with E-state index < -0.39 is 84.1 Å². The number of fused-ring (bicyclic) bond motifs is 1. The third-order valence-corrected chi connectivity index (χ3v) is 16.2. The van der Waals surface area contributed by atoms with Gasteiger partial charge in [0, 0.05) is 110 Å². The minimum Gasteiger partial charge on any atom is -0.508 e. The smallest absolute Gasteiger partial charge is 0.317 e. The third-order valence-electron chi connectivity index (χ3n) is 16.2. The molecule has 0 unspecified atom stereocenters. The lowest BCUT2D eigenvalue weighted by Crippen LogP contribution is -2.58. The van der Waals surface area contributed by atoms with E-state index in [0.717, 1.165) is 10.8 Å². The van der Waals surface area contributed by atoms with Crippen LogP contribution in [-0.2, 0) is 60.8 Å². The molecule has 0 saturated carbocycles. The number of phenols is 1. The number of hydrogen-bond acceptors (Lipinski definition) is 17. The molecule has 15 N–H and O–H groups in total. The molecule has 30 heteroatoms. The number of aliphatic carboxylic acids is 3. The van der Waals surface area contributed by atoms with E-state index >= 15 is 0 Å². The summed E-state index contributed by atoms with van der Waals surface area (Å²) in [7, 11) is 1.38. The fraction of sp³-hybridized carbons (Fsp3) is 0.477. The summed E-state index contributed by atoms with van der Waals surface area (Å²) in [6, 6.07) is 20.3. The highest BCUT2D eigenvalue weighted by atomic mass is 16.4. The van der Waals surface area contributed by atoms with Gasteiger partial charge in [0.25, 0.3) is 5.91 Å². The van der Waals surface area contributed by atoms with Gasteiger partial charge < -0.3 is 73.6 Å². The van der Waals surface area contributed by atoms with Crippen LogP contribution in [-0.4, -0.2) is 252 Å². The molecule has 2 saturated heterocycles. The van der Waals surface area contributed by atoms with E-state index in [0.29, 0.717) is 55.7 Å². The fourth-order valence-electron chi connectivity index (χ4n) is 11.0. The molecule has 2 aliphatic rings. The van der Waals surface area contributed by atoms with E-state index in [-0.39, 0.29) is 153 Å². The van der Waals surface area contributed by atoms with Crippen LogP contribution in [0.4, 0.5) is 5.69 Å². The van der Waals surface area contributed by atoms with Gasteiger partial charge in [-0.1, -0.05) is 61.0 Å². The summed E-state index contributed by atoms with van der Waals surface area (Å²) >= 11 is 0. The molecule has 2 aliphatic heterocycles. The van der Waals surface area contributed by atoms with Gasteiger partial charge in [-0.3, -0.25) is 77.7 Å². The SMILES string of the molecule is CN1C(=O)[C@@H](Cc2ccc(O)cc2)NC(=O)CNC(=O)[C@H](Cc2ccc3ccccc3c2)NC(=O)[C@H](CCCNC(=N)N)NC(=O)[C@H]1CCCNC(=O)c1ccc(NC(=O)CCCCCNC(=O)CN2CCN(CC(=O)O)CCN(CC(=O)O)CCN(CC(=O)O)CC2)cc1. The van der Waals surface area contributed by atoms with E-state index in [2.05, 4.69) is 42.5 Å². The number of nitrogens with one attached hydrogen (secondary N) is 9. The first-order chi connectivity index (χ1) is 45.5. The first kappa shape index (κ1) is 74.3. The van der Waals surface area contributed by atoms with Crippen molar-refractivity contribution in [2.75, 3.05) is 117 Å². The fourth-order valence-corrected chi connectivity index (χ4v) is 11.0. The zero-order chi connectivity index (χ0) is 68.8. The second kappa shape index (κ2) is 38.4. The highest BCUT2D eigenvalue weighted by Crippen LogP contribution is 2.19. The Morgan fingerprint density at radius 1 is 0.547 bits per heavy atom. The van der Waals surface area contributed by atoms with Crippen LogP contribution in [0.15, 0.2) is 91.0 Å². The first-order valence-electron chi connectivity index (χ1n) is 31.8. The normalized spacial score (nSPS) is 18.8. The van der Waals surface area contributed by atoms with Crippen LogP contribution in [0.2, 0.25) is 0 Å². The molecule has 95 heavy (non-hydrogen) atoms. The van der Waals surface area contributed by atoms with Gasteiger partial charge in [0.05, 0.1) is 32.7 Å². The molecule has 4 aromatic rings. The summed E-state index contributed by atoms with van der Waals surface area (Å²) in [5, 5.41) is 70.0. The number of nitrogens with two attached hydrogens (primary N) is 1. The van der Waals surface area contributed by atoms with E-state index in [1.807, 2.05) is 47.4 Å². The Morgan fingerprint density at radius 2 is 1.08 bits per heavy atom. The lowest BCUT2D eigenvalue weighted by atomic mass is 10.00. The Hall–Kier alpha value is -9.78. The van der Waals surface area contributed by atoms with Crippen molar-refractivity contribution in [1.29, 1.82) is 5.41 Å². The van der Waals surface area contributed by atoms with Crippen molar-refractivity contribution in [2.45, 2.75) is 88.4 Å². The molecule has 2 heterocycles. The van der Waals surface area contributed by atoms with Gasteiger partial charge in [-0.2, -0.15) is 0 Å². The predicted octanol–water partition coefficient (Wildman–Crippen LogP) is -0.694. The minimum atomic E-state index is -1.28. The zero-order valence-corrected chi connectivity index (χ0v) is 53.4. The number of phenolic OH excluding ortho intramolecular Hbond substituents is 1. The Morgan fingerprint density at radius 3 is 1.68 bits per heavy atom. The molecule has 0 bridgehead atoms. The summed E-state index contributed by atoms with van der Waals surface area (Å²) in [6.45, 7) is 1.22. The average molecular weight is 1320 g/mol. The van der Waals surface area contributed by atoms with E-state index in [1.165, 1.54) is 36.2 Å². The summed E-state index contributed by atoms with van der Waals surface area (Å²) in [6.07, 6.45) is 2.09. The Labute approximate surface area is 550 Å². The molecule has 30 nitrogen and oxygen atoms in total. The molecule has 8 amide bonds. The van der Waals surface area contributed by atoms with Gasteiger partial charge in [-0.15, -0.1) is 0 Å². The molecule has 2 fully saturated rings. The number of benzene rings is 4. The number of unbranched alkanes of at least 4 members (excludes halogenated alkanes) is 2. The number of guanidine groups is 1. The van der Waals surface area contributed by atoms with Crippen LogP contribution in [0.3, 0.4) is 0 Å². The van der Waals surface area contributed by atoms with Crippen LogP contribution in [0, 0.1) is 5.41 Å². The molecule has 514 valence electrons. The standard InChI is InChI=1S/C65H89N15O15/c1-76-53(63(94)74-50(11-7-26-70-65(66)67)62(93)75-51(37-44-14-17-45-9-4-5-10-47(45)35-44)61(92)71-38-55(83)73-52(64(76)95)36-43-15-22-49(81)23-16-43)12-8-25-69-60(91)46-18-20-48(21-19-46)72-54(82)13-3-2-6-24-68-56(84)39-77-27-29-78(40-57(85)86)31-33-80(42-59(89)90)34-32-79(30-28-77)41-58(87)88/h4-5,9-10,14-23,35,50-53,81H,2-3,6-8,11-13,24-34,36-42H2,1H3,(H,68,84)(H,69,91)(H,71,92)(H,72,82)(H,73,83)(H,74,94)(H,75,93)(H,85,86)(H,87,88)(H,89,90)(H4,66,67,70)/t50-,51-,52+,53+/m0/s1. The maximum Gasteiger partial charge on any atom is 0.317 e. The maximum atomic E-state index is 14.7. The third kappa shape index (κ3) is 26.6. The van der Waals surface area contributed by atoms with Crippen LogP contribution in [0.25, 0.3) is 10.8 Å². The number of carbonyl (C=O) groups is 11. The summed E-state index contributed by atoms with van der Waals surface area (Å²) < 4.78 is 0. The number of carbonyl (C=O) groups excluding carboxylic acids is 8. The van der Waals surface area contributed by atoms with E-state index in [4.69, 9.17) is 11.1 Å². The zero-order valence-electron chi connectivity index (χ0n) is 53.4. The van der Waals surface area contributed by atoms with Gasteiger partial charge in [0.1, 0.15) is 29.9 Å². The van der Waals surface area contributed by atoms with Crippen LogP contribution < -0.4 is 48.3 Å². The number of carboxylic acids is 3. The van der Waals surface area contributed by atoms with Crippen molar-refractivity contribution in [3.63, 3.8) is 0 Å². The van der Waals surface area contributed by atoms with Gasteiger partial charge in [-0.25, -0.2) is 0 Å². The number of aromatic hydroxyl groups is 1. The molecule has 4 atom stereocenters. The van der Waals surface area contributed by atoms with Crippen molar-refractivity contribution in [3.8, 4) is 5.75 Å². The van der Waals surface area contributed by atoms with Crippen LogP contribution in [0.1, 0.15) is 72.9 Å². The number of hydrogen-bond donors (Lipinski definition) is 14. The number of nitrogens with zero attached hydrogens (tertiary/aromatic N) is 5. The van der Waals surface area contributed by atoms with Crippen LogP contribution in [0.5, 0.6) is 5.75 Å². The molecule has 0 aliphatic carbocycles. The maximum absolute atomic E-state index is 14.7. The molecule has 6 rings (SSSR count). The van der Waals surface area contributed by atoms with Gasteiger partial charge in [-0.05, 0) is 96.8 Å². The number of amides is 8. The topological polar surface area (TPSA) is 431 Å². The lowest BCUT2D eigenvalue weighted by Gasteiger charge is -2.32. The molecule has 0 radical (unpaired) electrons. The molecule has 0 aromatic heterocycles. The van der Waals surface area contributed by atoms with Crippen molar-refractivity contribution in [3.05, 3.63) is 108 Å². The summed E-state index contributed by atoms with van der Waals surface area (Å²) in [4.78, 5) is 154. The van der Waals surface area contributed by atoms with E-state index in [1.54, 1.807) is 39.0 Å². The molecule has 0 spiro atoms. The average Bonchev–Trinajstić information content (AvgIpc) is 1.60. The van der Waals surface area contributed by atoms with Gasteiger partial charge >= 0.3 is 17.9 Å².